The van der Waals surface area contributed by atoms with Crippen LogP contribution >= 0.6 is 0 Å². The molecule has 5 nitrogen and oxygen atoms in total. The maximum absolute atomic E-state index is 6.03. The first-order valence-electron chi connectivity index (χ1n) is 6.45. The third-order valence-electron chi connectivity index (χ3n) is 3.08. The second-order valence-electron chi connectivity index (χ2n) is 4.49. The summed E-state index contributed by atoms with van der Waals surface area (Å²) in [5, 5.41) is 7.64. The van der Waals surface area contributed by atoms with E-state index in [1.807, 2.05) is 37.8 Å². The number of aryl methyl sites for hydroxylation is 2. The molecule has 0 amide bonds. The Morgan fingerprint density at radius 1 is 1.37 bits per heavy atom. The van der Waals surface area contributed by atoms with Crippen molar-refractivity contribution in [2.75, 3.05) is 6.54 Å². The van der Waals surface area contributed by atoms with E-state index in [4.69, 9.17) is 4.74 Å². The average Bonchev–Trinajstić information content (AvgIpc) is 2.64. The van der Waals surface area contributed by atoms with Gasteiger partial charge >= 0.3 is 0 Å². The number of hydrogen-bond acceptors (Lipinski definition) is 4. The zero-order valence-corrected chi connectivity index (χ0v) is 11.9. The van der Waals surface area contributed by atoms with Gasteiger partial charge in [0, 0.05) is 31.5 Å². The van der Waals surface area contributed by atoms with Crippen LogP contribution in [0, 0.1) is 13.8 Å². The van der Waals surface area contributed by atoms with Crippen LogP contribution in [0.2, 0.25) is 0 Å². The molecule has 0 radical (unpaired) electrons. The molecule has 102 valence electrons. The van der Waals surface area contributed by atoms with E-state index < -0.39 is 0 Å². The van der Waals surface area contributed by atoms with Gasteiger partial charge in [-0.05, 0) is 26.5 Å². The first-order chi connectivity index (χ1) is 9.13. The number of hydrogen-bond donors (Lipinski definition) is 1. The standard InChI is InChI=1S/C14H20N4O/c1-5-15-8-12-9-16-7-6-13(12)19-14-10(2)17-18(4)11(14)3/h6-7,9,15H,5,8H2,1-4H3. The second kappa shape index (κ2) is 5.84. The van der Waals surface area contributed by atoms with Crippen molar-refractivity contribution in [3.8, 4) is 11.5 Å². The molecule has 0 saturated carbocycles. The summed E-state index contributed by atoms with van der Waals surface area (Å²) in [4.78, 5) is 4.15. The SMILES string of the molecule is CCNCc1cnccc1Oc1c(C)nn(C)c1C. The molecule has 0 aliphatic carbocycles. The summed E-state index contributed by atoms with van der Waals surface area (Å²) in [5.74, 6) is 1.65. The molecule has 1 N–H and O–H groups in total. The van der Waals surface area contributed by atoms with Crippen molar-refractivity contribution >= 4 is 0 Å². The Labute approximate surface area is 113 Å². The van der Waals surface area contributed by atoms with Crippen LogP contribution in [0.4, 0.5) is 0 Å². The van der Waals surface area contributed by atoms with Crippen LogP contribution in [0.5, 0.6) is 11.5 Å². The lowest BCUT2D eigenvalue weighted by atomic mass is 10.2. The molecule has 2 heterocycles. The molecule has 0 aliphatic rings. The summed E-state index contributed by atoms with van der Waals surface area (Å²) in [6.07, 6.45) is 3.57. The van der Waals surface area contributed by atoms with E-state index in [9.17, 15) is 0 Å². The lowest BCUT2D eigenvalue weighted by molar-refractivity contribution is 0.464. The molecule has 0 aliphatic heterocycles. The largest absolute Gasteiger partial charge is 0.453 e. The van der Waals surface area contributed by atoms with Crippen molar-refractivity contribution in [1.29, 1.82) is 0 Å². The predicted octanol–water partition coefficient (Wildman–Crippen LogP) is 2.33. The molecule has 0 aromatic carbocycles. The first-order valence-corrected chi connectivity index (χ1v) is 6.45. The number of nitrogens with one attached hydrogen (secondary N) is 1. The van der Waals surface area contributed by atoms with Crippen LogP contribution in [0.3, 0.4) is 0 Å². The van der Waals surface area contributed by atoms with Crippen LogP contribution in [-0.2, 0) is 13.6 Å². The lowest BCUT2D eigenvalue weighted by Gasteiger charge is -2.11. The van der Waals surface area contributed by atoms with Crippen LogP contribution in [0.25, 0.3) is 0 Å². The van der Waals surface area contributed by atoms with E-state index in [0.717, 1.165) is 41.5 Å². The minimum absolute atomic E-state index is 0.748. The Morgan fingerprint density at radius 2 is 2.16 bits per heavy atom. The molecule has 0 atom stereocenters. The van der Waals surface area contributed by atoms with Crippen LogP contribution < -0.4 is 10.1 Å². The van der Waals surface area contributed by atoms with E-state index >= 15 is 0 Å². The minimum atomic E-state index is 0.748. The van der Waals surface area contributed by atoms with Gasteiger partial charge in [0.1, 0.15) is 11.4 Å². The van der Waals surface area contributed by atoms with Gasteiger partial charge in [0.15, 0.2) is 5.75 Å². The highest BCUT2D eigenvalue weighted by Crippen LogP contribution is 2.29. The summed E-state index contributed by atoms with van der Waals surface area (Å²) in [6, 6.07) is 1.89. The predicted molar refractivity (Wildman–Crippen MR) is 74.4 cm³/mol. The molecule has 0 spiro atoms. The number of pyridine rings is 1. The minimum Gasteiger partial charge on any atom is -0.453 e. The van der Waals surface area contributed by atoms with Crippen molar-refractivity contribution in [1.82, 2.24) is 20.1 Å². The summed E-state index contributed by atoms with van der Waals surface area (Å²) < 4.78 is 7.85. The van der Waals surface area contributed by atoms with Gasteiger partial charge in [0.25, 0.3) is 0 Å². The van der Waals surface area contributed by atoms with Gasteiger partial charge in [0.05, 0.1) is 5.69 Å². The second-order valence-corrected chi connectivity index (χ2v) is 4.49. The number of nitrogens with zero attached hydrogens (tertiary/aromatic N) is 3. The Morgan fingerprint density at radius 3 is 2.79 bits per heavy atom. The first kappa shape index (κ1) is 13.5. The van der Waals surface area contributed by atoms with Crippen molar-refractivity contribution in [3.63, 3.8) is 0 Å². The summed E-state index contributed by atoms with van der Waals surface area (Å²) in [7, 11) is 1.92. The fourth-order valence-corrected chi connectivity index (χ4v) is 1.92. The van der Waals surface area contributed by atoms with Crippen molar-refractivity contribution in [2.24, 2.45) is 7.05 Å². The highest BCUT2D eigenvalue weighted by atomic mass is 16.5. The van der Waals surface area contributed by atoms with Gasteiger partial charge in [-0.25, -0.2) is 0 Å². The van der Waals surface area contributed by atoms with E-state index in [2.05, 4.69) is 22.3 Å². The Balaban J connectivity index is 2.27. The molecule has 5 heteroatoms. The number of rotatable bonds is 5. The normalized spacial score (nSPS) is 10.7. The van der Waals surface area contributed by atoms with Crippen LogP contribution in [0.15, 0.2) is 18.5 Å². The van der Waals surface area contributed by atoms with Crippen molar-refractivity contribution in [2.45, 2.75) is 27.3 Å². The van der Waals surface area contributed by atoms with Gasteiger partial charge in [-0.1, -0.05) is 6.92 Å². The van der Waals surface area contributed by atoms with Crippen molar-refractivity contribution < 1.29 is 4.74 Å². The van der Waals surface area contributed by atoms with Crippen LogP contribution in [0.1, 0.15) is 23.9 Å². The van der Waals surface area contributed by atoms with E-state index in [0.29, 0.717) is 0 Å². The van der Waals surface area contributed by atoms with Crippen molar-refractivity contribution in [3.05, 3.63) is 35.4 Å². The molecule has 0 saturated heterocycles. The number of aromatic nitrogens is 3. The molecule has 0 unspecified atom stereocenters. The smallest absolute Gasteiger partial charge is 0.171 e. The summed E-state index contributed by atoms with van der Waals surface area (Å²) in [5.41, 5.74) is 2.96. The highest BCUT2D eigenvalue weighted by Gasteiger charge is 2.13. The molecule has 0 fully saturated rings. The summed E-state index contributed by atoms with van der Waals surface area (Å²) >= 11 is 0. The summed E-state index contributed by atoms with van der Waals surface area (Å²) in [6.45, 7) is 7.69. The highest BCUT2D eigenvalue weighted by molar-refractivity contribution is 5.40. The molecule has 2 aromatic heterocycles. The maximum Gasteiger partial charge on any atom is 0.171 e. The Bertz CT molecular complexity index is 563. The third-order valence-corrected chi connectivity index (χ3v) is 3.08. The van der Waals surface area contributed by atoms with Gasteiger partial charge < -0.3 is 10.1 Å². The molecular weight excluding hydrogens is 240 g/mol. The molecule has 0 bridgehead atoms. The molecule has 2 rings (SSSR count). The molecule has 19 heavy (non-hydrogen) atoms. The van der Waals surface area contributed by atoms with E-state index in [1.54, 1.807) is 6.20 Å². The topological polar surface area (TPSA) is 52.0 Å². The lowest BCUT2D eigenvalue weighted by Crippen LogP contribution is -2.12. The Kier molecular flexibility index (Phi) is 4.16. The molecular formula is C14H20N4O. The molecule has 2 aromatic rings. The van der Waals surface area contributed by atoms with Gasteiger partial charge in [-0.15, -0.1) is 0 Å². The van der Waals surface area contributed by atoms with Gasteiger partial charge in [-0.3, -0.25) is 9.67 Å². The number of ether oxygens (including phenoxy) is 1. The quantitative estimate of drug-likeness (QED) is 0.896. The third kappa shape index (κ3) is 2.93. The van der Waals surface area contributed by atoms with Gasteiger partial charge in [-0.2, -0.15) is 5.10 Å². The average molecular weight is 260 g/mol. The zero-order chi connectivity index (χ0) is 13.8. The Hall–Kier alpha value is -1.88. The van der Waals surface area contributed by atoms with E-state index in [1.165, 1.54) is 0 Å². The monoisotopic (exact) mass is 260 g/mol. The zero-order valence-electron chi connectivity index (χ0n) is 11.9. The van der Waals surface area contributed by atoms with Crippen LogP contribution in [-0.4, -0.2) is 21.3 Å². The maximum atomic E-state index is 6.03. The fourth-order valence-electron chi connectivity index (χ4n) is 1.92. The van der Waals surface area contributed by atoms with E-state index in [-0.39, 0.29) is 0 Å². The fraction of sp³-hybridized carbons (Fsp3) is 0.429. The van der Waals surface area contributed by atoms with Gasteiger partial charge in [0.2, 0.25) is 0 Å².